The Morgan fingerprint density at radius 2 is 1.91 bits per heavy atom. The number of phenols is 1. The fraction of sp³-hybridized carbons (Fsp3) is 0.120. The normalized spacial score (nSPS) is 11.0. The SMILES string of the molecule is CCOc1cc(/C=N\NC(=O)CSc2nnc(-c3ccc(Br)cc3)n2-c2ccccc2)ccc1O. The average molecular weight is 552 g/mol. The van der Waals surface area contributed by atoms with E-state index in [2.05, 4.69) is 36.7 Å². The second kappa shape index (κ2) is 11.7. The molecule has 10 heteroatoms. The lowest BCUT2D eigenvalue weighted by Gasteiger charge is -2.10. The first-order valence-electron chi connectivity index (χ1n) is 10.7. The first kappa shape index (κ1) is 24.5. The molecule has 2 N–H and O–H groups in total. The third kappa shape index (κ3) is 6.28. The molecule has 0 saturated carbocycles. The van der Waals surface area contributed by atoms with Gasteiger partial charge in [0.1, 0.15) is 0 Å². The molecule has 0 spiro atoms. The number of halogens is 1. The molecule has 0 aliphatic heterocycles. The van der Waals surface area contributed by atoms with Crippen LogP contribution >= 0.6 is 27.7 Å². The molecule has 0 atom stereocenters. The number of carbonyl (C=O) groups is 1. The summed E-state index contributed by atoms with van der Waals surface area (Å²) in [4.78, 5) is 12.4. The fourth-order valence-corrected chi connectivity index (χ4v) is 4.19. The van der Waals surface area contributed by atoms with Crippen molar-refractivity contribution in [3.05, 3.63) is 82.8 Å². The summed E-state index contributed by atoms with van der Waals surface area (Å²) in [5.74, 6) is 0.905. The van der Waals surface area contributed by atoms with Crippen LogP contribution in [-0.2, 0) is 4.79 Å². The third-order valence-electron chi connectivity index (χ3n) is 4.77. The predicted octanol–water partition coefficient (Wildman–Crippen LogP) is 5.04. The highest BCUT2D eigenvalue weighted by atomic mass is 79.9. The number of amides is 1. The summed E-state index contributed by atoms with van der Waals surface area (Å²) >= 11 is 4.72. The maximum atomic E-state index is 12.4. The second-order valence-corrected chi connectivity index (χ2v) is 9.08. The largest absolute Gasteiger partial charge is 0.504 e. The van der Waals surface area contributed by atoms with Gasteiger partial charge < -0.3 is 9.84 Å². The van der Waals surface area contributed by atoms with Crippen molar-refractivity contribution in [3.63, 3.8) is 0 Å². The number of benzene rings is 3. The number of thioether (sulfide) groups is 1. The van der Waals surface area contributed by atoms with Gasteiger partial charge in [-0.2, -0.15) is 5.10 Å². The fourth-order valence-electron chi connectivity index (χ4n) is 3.18. The molecule has 0 radical (unpaired) electrons. The lowest BCUT2D eigenvalue weighted by atomic mass is 10.2. The van der Waals surface area contributed by atoms with Crippen LogP contribution in [-0.4, -0.2) is 44.4 Å². The number of nitrogens with zero attached hydrogens (tertiary/aromatic N) is 4. The van der Waals surface area contributed by atoms with Gasteiger partial charge in [0.2, 0.25) is 0 Å². The van der Waals surface area contributed by atoms with Crippen LogP contribution in [0.4, 0.5) is 0 Å². The molecule has 1 aromatic heterocycles. The zero-order valence-electron chi connectivity index (χ0n) is 18.8. The van der Waals surface area contributed by atoms with Gasteiger partial charge in [0.25, 0.3) is 5.91 Å². The van der Waals surface area contributed by atoms with E-state index >= 15 is 0 Å². The molecule has 1 amide bonds. The minimum absolute atomic E-state index is 0.0504. The molecule has 0 saturated heterocycles. The van der Waals surface area contributed by atoms with E-state index in [1.54, 1.807) is 12.1 Å². The Bertz CT molecular complexity index is 1330. The van der Waals surface area contributed by atoms with Gasteiger partial charge in [-0.05, 0) is 55.0 Å². The van der Waals surface area contributed by atoms with Crippen molar-refractivity contribution in [2.75, 3.05) is 12.4 Å². The maximum absolute atomic E-state index is 12.4. The van der Waals surface area contributed by atoms with Gasteiger partial charge in [-0.25, -0.2) is 5.43 Å². The third-order valence-corrected chi connectivity index (χ3v) is 6.23. The topological polar surface area (TPSA) is 102 Å². The molecule has 35 heavy (non-hydrogen) atoms. The average Bonchev–Trinajstić information content (AvgIpc) is 3.30. The van der Waals surface area contributed by atoms with E-state index in [1.807, 2.05) is 66.1 Å². The number of phenolic OH excluding ortho intramolecular Hbond substituents is 1. The molecule has 0 aliphatic rings. The van der Waals surface area contributed by atoms with Crippen molar-refractivity contribution in [3.8, 4) is 28.6 Å². The Morgan fingerprint density at radius 3 is 2.66 bits per heavy atom. The molecular weight excluding hydrogens is 530 g/mol. The van der Waals surface area contributed by atoms with Crippen molar-refractivity contribution in [2.24, 2.45) is 5.10 Å². The highest BCUT2D eigenvalue weighted by Crippen LogP contribution is 2.29. The Morgan fingerprint density at radius 1 is 1.14 bits per heavy atom. The number of hydrogen-bond donors (Lipinski definition) is 2. The zero-order valence-corrected chi connectivity index (χ0v) is 21.2. The lowest BCUT2D eigenvalue weighted by Crippen LogP contribution is -2.20. The molecule has 4 aromatic rings. The van der Waals surface area contributed by atoms with Crippen LogP contribution in [0.2, 0.25) is 0 Å². The van der Waals surface area contributed by atoms with Gasteiger partial charge in [-0.3, -0.25) is 9.36 Å². The van der Waals surface area contributed by atoms with E-state index in [4.69, 9.17) is 4.74 Å². The summed E-state index contributed by atoms with van der Waals surface area (Å²) < 4.78 is 8.26. The number of para-hydroxylation sites is 1. The highest BCUT2D eigenvalue weighted by molar-refractivity contribution is 9.10. The van der Waals surface area contributed by atoms with Gasteiger partial charge >= 0.3 is 0 Å². The van der Waals surface area contributed by atoms with Crippen LogP contribution in [0.5, 0.6) is 11.5 Å². The molecule has 3 aromatic carbocycles. The summed E-state index contributed by atoms with van der Waals surface area (Å²) in [5.41, 5.74) is 5.00. The van der Waals surface area contributed by atoms with E-state index in [9.17, 15) is 9.90 Å². The van der Waals surface area contributed by atoms with E-state index in [1.165, 1.54) is 24.0 Å². The van der Waals surface area contributed by atoms with Crippen LogP contribution in [0.15, 0.2) is 87.5 Å². The predicted molar refractivity (Wildman–Crippen MR) is 140 cm³/mol. The Balaban J connectivity index is 1.46. The molecule has 4 rings (SSSR count). The van der Waals surface area contributed by atoms with Crippen molar-refractivity contribution >= 4 is 39.8 Å². The van der Waals surface area contributed by atoms with Gasteiger partial charge in [-0.15, -0.1) is 10.2 Å². The molecule has 1 heterocycles. The van der Waals surface area contributed by atoms with E-state index in [-0.39, 0.29) is 17.4 Å². The highest BCUT2D eigenvalue weighted by Gasteiger charge is 2.17. The summed E-state index contributed by atoms with van der Waals surface area (Å²) in [6.07, 6.45) is 1.49. The number of ether oxygens (including phenoxy) is 1. The minimum Gasteiger partial charge on any atom is -0.504 e. The quantitative estimate of drug-likeness (QED) is 0.171. The number of hydrazone groups is 1. The molecule has 0 unspecified atom stereocenters. The number of aromatic hydroxyl groups is 1. The Kier molecular flexibility index (Phi) is 8.17. The van der Waals surface area contributed by atoms with Crippen LogP contribution in [0, 0.1) is 0 Å². The van der Waals surface area contributed by atoms with Crippen LogP contribution in [0.25, 0.3) is 17.1 Å². The van der Waals surface area contributed by atoms with Crippen molar-refractivity contribution in [1.29, 1.82) is 0 Å². The molecule has 0 aliphatic carbocycles. The standard InChI is InChI=1S/C25H22BrN5O3S/c1-2-34-22-14-17(8-13-21(22)32)15-27-28-23(33)16-35-25-30-29-24(18-9-11-19(26)12-10-18)31(25)20-6-4-3-5-7-20/h3-15,32H,2,16H2,1H3,(H,28,33)/b27-15-. The van der Waals surface area contributed by atoms with E-state index in [0.717, 1.165) is 15.7 Å². The summed E-state index contributed by atoms with van der Waals surface area (Å²) in [6, 6.07) is 22.4. The van der Waals surface area contributed by atoms with Gasteiger partial charge in [0, 0.05) is 15.7 Å². The van der Waals surface area contributed by atoms with Gasteiger partial charge in [-0.1, -0.05) is 58.0 Å². The van der Waals surface area contributed by atoms with E-state index < -0.39 is 0 Å². The minimum atomic E-state index is -0.289. The number of nitrogens with one attached hydrogen (secondary N) is 1. The van der Waals surface area contributed by atoms with Crippen molar-refractivity contribution in [1.82, 2.24) is 20.2 Å². The zero-order chi connectivity index (χ0) is 24.6. The van der Waals surface area contributed by atoms with Gasteiger partial charge in [0.05, 0.1) is 18.6 Å². The second-order valence-electron chi connectivity index (χ2n) is 7.23. The summed E-state index contributed by atoms with van der Waals surface area (Å²) in [7, 11) is 0. The van der Waals surface area contributed by atoms with Crippen molar-refractivity contribution < 1.29 is 14.6 Å². The number of rotatable bonds is 9. The van der Waals surface area contributed by atoms with Crippen LogP contribution < -0.4 is 10.2 Å². The molecule has 0 bridgehead atoms. The lowest BCUT2D eigenvalue weighted by molar-refractivity contribution is -0.118. The van der Waals surface area contributed by atoms with Crippen LogP contribution in [0.1, 0.15) is 12.5 Å². The maximum Gasteiger partial charge on any atom is 0.250 e. The molecule has 0 fully saturated rings. The number of aromatic nitrogens is 3. The van der Waals surface area contributed by atoms with E-state index in [0.29, 0.717) is 28.9 Å². The number of hydrogen-bond acceptors (Lipinski definition) is 7. The van der Waals surface area contributed by atoms with Gasteiger partial charge in [0.15, 0.2) is 22.5 Å². The Hall–Kier alpha value is -3.63. The molecule has 178 valence electrons. The molecular formula is C25H22BrN5O3S. The smallest absolute Gasteiger partial charge is 0.250 e. The first-order valence-corrected chi connectivity index (χ1v) is 12.5. The molecule has 8 nitrogen and oxygen atoms in total. The Labute approximate surface area is 215 Å². The first-order chi connectivity index (χ1) is 17.0. The summed E-state index contributed by atoms with van der Waals surface area (Å²) in [6.45, 7) is 2.26. The van der Waals surface area contributed by atoms with Crippen molar-refractivity contribution in [2.45, 2.75) is 12.1 Å². The summed E-state index contributed by atoms with van der Waals surface area (Å²) in [5, 5.41) is 23.1. The van der Waals surface area contributed by atoms with Crippen LogP contribution in [0.3, 0.4) is 0 Å². The number of carbonyl (C=O) groups excluding carboxylic acids is 1. The monoisotopic (exact) mass is 551 g/mol.